The third-order valence-corrected chi connectivity index (χ3v) is 3.65. The van der Waals surface area contributed by atoms with Crippen molar-refractivity contribution >= 4 is 16.7 Å². The highest BCUT2D eigenvalue weighted by Gasteiger charge is 2.11. The second-order valence-electron chi connectivity index (χ2n) is 5.00. The molecule has 3 N–H and O–H groups in total. The average molecular weight is 244 g/mol. The molecular weight excluding hydrogens is 224 g/mol. The van der Waals surface area contributed by atoms with Gasteiger partial charge in [0.05, 0.1) is 17.4 Å². The summed E-state index contributed by atoms with van der Waals surface area (Å²) in [5.41, 5.74) is 3.29. The third kappa shape index (κ3) is 2.64. The maximum absolute atomic E-state index is 4.22. The molecule has 0 aliphatic carbocycles. The maximum Gasteiger partial charge on any atom is 0.0931 e. The fourth-order valence-corrected chi connectivity index (χ4v) is 2.61. The molecule has 1 aromatic carbocycles. The highest BCUT2D eigenvalue weighted by Crippen LogP contribution is 2.16. The summed E-state index contributed by atoms with van der Waals surface area (Å²) in [5.74, 6) is 0. The average Bonchev–Trinajstić information content (AvgIpc) is 2.87. The van der Waals surface area contributed by atoms with Crippen molar-refractivity contribution in [3.63, 3.8) is 0 Å². The van der Waals surface area contributed by atoms with Crippen molar-refractivity contribution in [1.29, 1.82) is 0 Å². The Morgan fingerprint density at radius 1 is 1.33 bits per heavy atom. The van der Waals surface area contributed by atoms with Gasteiger partial charge in [-0.2, -0.15) is 0 Å². The first-order valence-corrected chi connectivity index (χ1v) is 6.82. The van der Waals surface area contributed by atoms with E-state index in [9.17, 15) is 0 Å². The molecular formula is C14H20N4. The SMILES string of the molecule is c1nc2ccc(NCCC3CCCCN3)cc2[nH]1. The number of benzene rings is 1. The molecule has 0 saturated carbocycles. The molecule has 1 aromatic heterocycles. The van der Waals surface area contributed by atoms with Gasteiger partial charge in [-0.3, -0.25) is 0 Å². The number of anilines is 1. The lowest BCUT2D eigenvalue weighted by molar-refractivity contribution is 0.389. The second kappa shape index (κ2) is 5.40. The molecule has 1 aliphatic heterocycles. The van der Waals surface area contributed by atoms with E-state index in [-0.39, 0.29) is 0 Å². The van der Waals surface area contributed by atoms with Crippen molar-refractivity contribution < 1.29 is 0 Å². The zero-order chi connectivity index (χ0) is 12.2. The predicted molar refractivity (Wildman–Crippen MR) is 74.8 cm³/mol. The molecule has 1 saturated heterocycles. The van der Waals surface area contributed by atoms with Crippen LogP contribution in [-0.2, 0) is 0 Å². The van der Waals surface area contributed by atoms with Crippen molar-refractivity contribution in [2.24, 2.45) is 0 Å². The number of fused-ring (bicyclic) bond motifs is 1. The Bertz CT molecular complexity index is 499. The summed E-state index contributed by atoms with van der Waals surface area (Å²) >= 11 is 0. The number of aromatic nitrogens is 2. The Morgan fingerprint density at radius 2 is 2.33 bits per heavy atom. The number of nitrogens with zero attached hydrogens (tertiary/aromatic N) is 1. The van der Waals surface area contributed by atoms with Gasteiger partial charge in [0, 0.05) is 18.3 Å². The molecule has 3 rings (SSSR count). The van der Waals surface area contributed by atoms with E-state index < -0.39 is 0 Å². The van der Waals surface area contributed by atoms with Gasteiger partial charge in [-0.05, 0) is 44.0 Å². The summed E-state index contributed by atoms with van der Waals surface area (Å²) < 4.78 is 0. The molecule has 1 atom stereocenters. The molecule has 0 spiro atoms. The molecule has 2 aromatic rings. The van der Waals surface area contributed by atoms with E-state index in [1.807, 2.05) is 6.07 Å². The molecule has 4 heteroatoms. The normalized spacial score (nSPS) is 20.1. The number of hydrogen-bond donors (Lipinski definition) is 3. The quantitative estimate of drug-likeness (QED) is 0.774. The van der Waals surface area contributed by atoms with Gasteiger partial charge in [-0.1, -0.05) is 6.42 Å². The van der Waals surface area contributed by atoms with Crippen LogP contribution < -0.4 is 10.6 Å². The van der Waals surface area contributed by atoms with E-state index in [4.69, 9.17) is 0 Å². The lowest BCUT2D eigenvalue weighted by atomic mass is 10.0. The molecule has 96 valence electrons. The number of hydrogen-bond acceptors (Lipinski definition) is 3. The van der Waals surface area contributed by atoms with Gasteiger partial charge in [0.25, 0.3) is 0 Å². The standard InChI is InChI=1S/C14H20N4/c1-2-7-15-11(3-1)6-8-16-12-4-5-13-14(9-12)18-10-17-13/h4-5,9-11,15-16H,1-3,6-8H2,(H,17,18). The summed E-state index contributed by atoms with van der Waals surface area (Å²) in [4.78, 5) is 7.36. The van der Waals surface area contributed by atoms with Crippen LogP contribution in [-0.4, -0.2) is 29.1 Å². The molecule has 0 amide bonds. The fourth-order valence-electron chi connectivity index (χ4n) is 2.61. The van der Waals surface area contributed by atoms with E-state index >= 15 is 0 Å². The van der Waals surface area contributed by atoms with Crippen LogP contribution in [0.5, 0.6) is 0 Å². The number of aromatic amines is 1. The minimum absolute atomic E-state index is 0.696. The number of nitrogens with one attached hydrogen (secondary N) is 3. The van der Waals surface area contributed by atoms with Crippen LogP contribution in [0.2, 0.25) is 0 Å². The smallest absolute Gasteiger partial charge is 0.0931 e. The summed E-state index contributed by atoms with van der Waals surface area (Å²) in [6.45, 7) is 2.21. The molecule has 18 heavy (non-hydrogen) atoms. The highest BCUT2D eigenvalue weighted by atomic mass is 14.9. The van der Waals surface area contributed by atoms with Crippen molar-refractivity contribution in [2.75, 3.05) is 18.4 Å². The topological polar surface area (TPSA) is 52.7 Å². The number of imidazole rings is 1. The Balaban J connectivity index is 1.52. The van der Waals surface area contributed by atoms with Gasteiger partial charge in [0.15, 0.2) is 0 Å². The van der Waals surface area contributed by atoms with E-state index in [1.54, 1.807) is 6.33 Å². The lowest BCUT2D eigenvalue weighted by Gasteiger charge is -2.23. The first kappa shape index (κ1) is 11.5. The zero-order valence-electron chi connectivity index (χ0n) is 10.6. The largest absolute Gasteiger partial charge is 0.385 e. The van der Waals surface area contributed by atoms with Crippen molar-refractivity contribution in [3.8, 4) is 0 Å². The minimum atomic E-state index is 0.696. The van der Waals surface area contributed by atoms with Crippen molar-refractivity contribution in [3.05, 3.63) is 24.5 Å². The van der Waals surface area contributed by atoms with Crippen LogP contribution in [0.25, 0.3) is 11.0 Å². The first-order valence-electron chi connectivity index (χ1n) is 6.82. The molecule has 1 unspecified atom stereocenters. The van der Waals surface area contributed by atoms with E-state index in [2.05, 4.69) is 32.7 Å². The summed E-state index contributed by atoms with van der Waals surface area (Å²) in [5, 5.41) is 7.06. The number of rotatable bonds is 4. The molecule has 4 nitrogen and oxygen atoms in total. The van der Waals surface area contributed by atoms with Crippen molar-refractivity contribution in [2.45, 2.75) is 31.7 Å². The third-order valence-electron chi connectivity index (χ3n) is 3.65. The van der Waals surface area contributed by atoms with Crippen LogP contribution in [0.3, 0.4) is 0 Å². The van der Waals surface area contributed by atoms with Crippen LogP contribution >= 0.6 is 0 Å². The van der Waals surface area contributed by atoms with Gasteiger partial charge in [-0.15, -0.1) is 0 Å². The Kier molecular flexibility index (Phi) is 3.46. The Hall–Kier alpha value is -1.55. The van der Waals surface area contributed by atoms with Crippen LogP contribution in [0.1, 0.15) is 25.7 Å². The molecule has 0 radical (unpaired) electrons. The number of H-pyrrole nitrogens is 1. The fraction of sp³-hybridized carbons (Fsp3) is 0.500. The van der Waals surface area contributed by atoms with Crippen LogP contribution in [0.15, 0.2) is 24.5 Å². The van der Waals surface area contributed by atoms with Gasteiger partial charge < -0.3 is 15.6 Å². The number of piperidine rings is 1. The van der Waals surface area contributed by atoms with Gasteiger partial charge in [0.2, 0.25) is 0 Å². The van der Waals surface area contributed by atoms with E-state index in [0.717, 1.165) is 17.6 Å². The van der Waals surface area contributed by atoms with Crippen LogP contribution in [0.4, 0.5) is 5.69 Å². The van der Waals surface area contributed by atoms with Crippen LogP contribution in [0, 0.1) is 0 Å². The van der Waals surface area contributed by atoms with Gasteiger partial charge >= 0.3 is 0 Å². The van der Waals surface area contributed by atoms with Crippen molar-refractivity contribution in [1.82, 2.24) is 15.3 Å². The lowest BCUT2D eigenvalue weighted by Crippen LogP contribution is -2.35. The second-order valence-corrected chi connectivity index (χ2v) is 5.00. The summed E-state index contributed by atoms with van der Waals surface area (Å²) in [7, 11) is 0. The summed E-state index contributed by atoms with van der Waals surface area (Å²) in [6, 6.07) is 6.96. The summed E-state index contributed by atoms with van der Waals surface area (Å²) in [6.07, 6.45) is 6.96. The molecule has 0 bridgehead atoms. The predicted octanol–water partition coefficient (Wildman–Crippen LogP) is 2.51. The minimum Gasteiger partial charge on any atom is -0.385 e. The Morgan fingerprint density at radius 3 is 3.22 bits per heavy atom. The molecule has 1 aliphatic rings. The monoisotopic (exact) mass is 244 g/mol. The highest BCUT2D eigenvalue weighted by molar-refractivity contribution is 5.78. The maximum atomic E-state index is 4.22. The first-order chi connectivity index (χ1) is 8.92. The van der Waals surface area contributed by atoms with E-state index in [1.165, 1.54) is 37.9 Å². The van der Waals surface area contributed by atoms with E-state index in [0.29, 0.717) is 6.04 Å². The molecule has 1 fully saturated rings. The zero-order valence-corrected chi connectivity index (χ0v) is 10.6. The molecule has 2 heterocycles. The van der Waals surface area contributed by atoms with Gasteiger partial charge in [-0.25, -0.2) is 4.98 Å². The van der Waals surface area contributed by atoms with Gasteiger partial charge in [0.1, 0.15) is 0 Å². The Labute approximate surface area is 107 Å².